The molecule has 1 fully saturated rings. The average molecular weight is 946 g/mol. The predicted molar refractivity (Wildman–Crippen MR) is 308 cm³/mol. The number of benzene rings is 9. The summed E-state index contributed by atoms with van der Waals surface area (Å²) in [6.07, 6.45) is 10.1. The summed E-state index contributed by atoms with van der Waals surface area (Å²) in [4.78, 5) is 2.43. The van der Waals surface area contributed by atoms with Crippen molar-refractivity contribution in [3.05, 3.63) is 271 Å². The Labute approximate surface area is 426 Å². The lowest BCUT2D eigenvalue weighted by Gasteiger charge is -2.35. The summed E-state index contributed by atoms with van der Waals surface area (Å²) in [5.74, 6) is 0. The van der Waals surface area contributed by atoms with Gasteiger partial charge >= 0.3 is 0 Å². The van der Waals surface area contributed by atoms with E-state index in [2.05, 4.69) is 241 Å². The predicted octanol–water partition coefficient (Wildman–Crippen LogP) is 16.4. The number of rotatable bonds is 10. The number of nitrogens with zero attached hydrogens (tertiary/aromatic N) is 1. The maximum absolute atomic E-state index is 6.47. The van der Waals surface area contributed by atoms with Crippen LogP contribution in [0.3, 0.4) is 0 Å². The lowest BCUT2D eigenvalue weighted by Crippen LogP contribution is -2.74. The van der Waals surface area contributed by atoms with Crippen molar-refractivity contribution in [2.45, 2.75) is 57.8 Å². The highest BCUT2D eigenvalue weighted by atomic mass is 28.3. The fourth-order valence-electron chi connectivity index (χ4n) is 12.0. The summed E-state index contributed by atoms with van der Waals surface area (Å²) in [7, 11) is -2.71. The van der Waals surface area contributed by atoms with Gasteiger partial charge in [-0.1, -0.05) is 195 Å². The first-order valence-electron chi connectivity index (χ1n) is 26.0. The molecule has 0 aliphatic heterocycles. The number of fused-ring (bicyclic) bond motifs is 4. The van der Waals surface area contributed by atoms with E-state index < -0.39 is 8.07 Å². The third-order valence-electron chi connectivity index (χ3n) is 15.4. The van der Waals surface area contributed by atoms with Gasteiger partial charge in [0.05, 0.1) is 0 Å². The first-order chi connectivity index (χ1) is 35.6. The maximum atomic E-state index is 6.47. The van der Waals surface area contributed by atoms with Crippen LogP contribution in [0.25, 0.3) is 44.2 Å². The van der Waals surface area contributed by atoms with Crippen LogP contribution in [0, 0.1) is 0 Å². The molecule has 0 N–H and O–H groups in total. The molecule has 1 heterocycles. The Hall–Kier alpha value is -7.98. The standard InChI is InChI=1S/C69H59NOSi/c1-50-21-7-2-16-30-62(54-39-48-65-64-32-19-20-34-67(64)71-68(65)49-54)63-31-17-18-33-66(63)69(50)53-37-42-56(43-38-53)70(55-40-35-52(36-41-55)51-22-8-3-9-23-51)57-44-46-61(47-45-57)72(58-24-10-4-11-25-58,59-26-12-5-13-27-59)60-28-14-6-15-29-60/h3-6,8-15,19-20,22-29,32,34-49H,1-2,7,16-18,21,30-31,33H2/b63-62+,69-66?. The van der Waals surface area contributed by atoms with Crippen molar-refractivity contribution >= 4 is 79.0 Å². The SMILES string of the molecule is C=C1CCCCC/C(c2ccc3c(c2)oc2ccccc23)=C2/CCCCC2=C1c1ccc(N(c2ccc(-c3ccccc3)cc2)c2ccc([Si](c3ccccc3)(c3ccccc3)c3ccccc3)cc2)cc1. The Balaban J connectivity index is 0.979. The van der Waals surface area contributed by atoms with E-state index in [0.717, 1.165) is 60.3 Å². The van der Waals surface area contributed by atoms with Crippen LogP contribution >= 0.6 is 0 Å². The van der Waals surface area contributed by atoms with Crippen molar-refractivity contribution in [2.24, 2.45) is 0 Å². The molecule has 10 aromatic rings. The number of hydrogen-bond donors (Lipinski definition) is 0. The smallest absolute Gasteiger partial charge is 0.179 e. The van der Waals surface area contributed by atoms with Crippen molar-refractivity contribution in [1.82, 2.24) is 0 Å². The van der Waals surface area contributed by atoms with Crippen molar-refractivity contribution in [3.8, 4) is 11.1 Å². The van der Waals surface area contributed by atoms with Crippen LogP contribution in [0.5, 0.6) is 0 Å². The molecule has 3 heteroatoms. The third-order valence-corrected chi connectivity index (χ3v) is 20.2. The second kappa shape index (κ2) is 20.0. The van der Waals surface area contributed by atoms with E-state index >= 15 is 0 Å². The molecule has 9 aromatic carbocycles. The number of hydrogen-bond acceptors (Lipinski definition) is 2. The van der Waals surface area contributed by atoms with Gasteiger partial charge in [0, 0.05) is 27.8 Å². The van der Waals surface area contributed by atoms with Crippen molar-refractivity contribution in [3.63, 3.8) is 0 Å². The molecule has 12 rings (SSSR count). The Morgan fingerprint density at radius 3 is 1.38 bits per heavy atom. The minimum Gasteiger partial charge on any atom is -0.456 e. The Morgan fingerprint density at radius 2 is 0.764 bits per heavy atom. The van der Waals surface area contributed by atoms with Crippen LogP contribution in [-0.4, -0.2) is 8.07 Å². The lowest BCUT2D eigenvalue weighted by atomic mass is 9.76. The molecule has 1 aromatic heterocycles. The van der Waals surface area contributed by atoms with Crippen molar-refractivity contribution < 1.29 is 4.42 Å². The monoisotopic (exact) mass is 945 g/mol. The molecule has 72 heavy (non-hydrogen) atoms. The zero-order chi connectivity index (χ0) is 48.3. The minimum atomic E-state index is -2.71. The quantitative estimate of drug-likeness (QED) is 0.100. The molecular weight excluding hydrogens is 887 g/mol. The van der Waals surface area contributed by atoms with Gasteiger partial charge in [-0.25, -0.2) is 0 Å². The normalized spacial score (nSPS) is 15.6. The number of para-hydroxylation sites is 1. The van der Waals surface area contributed by atoms with Crippen LogP contribution in [0.2, 0.25) is 0 Å². The fraction of sp³-hybridized carbons (Fsp3) is 0.130. The summed E-state index contributed by atoms with van der Waals surface area (Å²) >= 11 is 0. The Kier molecular flexibility index (Phi) is 12.6. The van der Waals surface area contributed by atoms with Gasteiger partial charge in [-0.3, -0.25) is 0 Å². The van der Waals surface area contributed by atoms with E-state index in [1.54, 1.807) is 0 Å². The van der Waals surface area contributed by atoms with Gasteiger partial charge in [-0.05, 0) is 177 Å². The van der Waals surface area contributed by atoms with Gasteiger partial charge in [0.2, 0.25) is 0 Å². The summed E-state index contributed by atoms with van der Waals surface area (Å²) < 4.78 is 6.47. The van der Waals surface area contributed by atoms with Gasteiger partial charge in [-0.2, -0.15) is 0 Å². The molecule has 2 aliphatic carbocycles. The summed E-state index contributed by atoms with van der Waals surface area (Å²) in [6, 6.07) is 87.6. The summed E-state index contributed by atoms with van der Waals surface area (Å²) in [6.45, 7) is 4.88. The molecule has 2 aliphatic rings. The second-order valence-electron chi connectivity index (χ2n) is 19.7. The maximum Gasteiger partial charge on any atom is 0.179 e. The summed E-state index contributed by atoms with van der Waals surface area (Å²) in [5.41, 5.74) is 17.4. The second-order valence-corrected chi connectivity index (χ2v) is 23.5. The molecular formula is C69H59NOSi. The van der Waals surface area contributed by atoms with Gasteiger partial charge < -0.3 is 9.32 Å². The zero-order valence-electron chi connectivity index (χ0n) is 40.9. The first kappa shape index (κ1) is 45.2. The van der Waals surface area contributed by atoms with E-state index in [4.69, 9.17) is 11.0 Å². The van der Waals surface area contributed by atoms with Crippen molar-refractivity contribution in [2.75, 3.05) is 4.90 Å². The molecule has 0 saturated heterocycles. The molecule has 0 atom stereocenters. The van der Waals surface area contributed by atoms with Crippen molar-refractivity contribution in [1.29, 1.82) is 0 Å². The van der Waals surface area contributed by atoms with Crippen LogP contribution in [-0.2, 0) is 0 Å². The molecule has 1 saturated carbocycles. The van der Waals surface area contributed by atoms with Gasteiger partial charge in [0.25, 0.3) is 0 Å². The van der Waals surface area contributed by atoms with Crippen LogP contribution < -0.4 is 25.6 Å². The topological polar surface area (TPSA) is 16.4 Å². The number of furan rings is 1. The van der Waals surface area contributed by atoms with Crippen LogP contribution in [0.4, 0.5) is 17.1 Å². The number of allylic oxidation sites excluding steroid dienone is 5. The average Bonchev–Trinajstić information content (AvgIpc) is 3.83. The summed E-state index contributed by atoms with van der Waals surface area (Å²) in [5, 5.41) is 7.82. The van der Waals surface area contributed by atoms with E-state index in [-0.39, 0.29) is 0 Å². The largest absolute Gasteiger partial charge is 0.456 e. The first-order valence-corrected chi connectivity index (χ1v) is 28.0. The van der Waals surface area contributed by atoms with Gasteiger partial charge in [0.15, 0.2) is 8.07 Å². The molecule has 0 spiro atoms. The van der Waals surface area contributed by atoms with Crippen LogP contribution in [0.1, 0.15) is 68.9 Å². The Bertz CT molecular complexity index is 3480. The van der Waals surface area contributed by atoms with Gasteiger partial charge in [-0.15, -0.1) is 0 Å². The molecule has 0 amide bonds. The van der Waals surface area contributed by atoms with E-state index in [1.807, 2.05) is 0 Å². The highest BCUT2D eigenvalue weighted by molar-refractivity contribution is 7.19. The van der Waals surface area contributed by atoms with E-state index in [1.165, 1.54) is 107 Å². The molecule has 350 valence electrons. The molecule has 2 nitrogen and oxygen atoms in total. The minimum absolute atomic E-state index is 0.950. The van der Waals surface area contributed by atoms with E-state index in [9.17, 15) is 0 Å². The van der Waals surface area contributed by atoms with Crippen LogP contribution in [0.15, 0.2) is 264 Å². The number of anilines is 3. The highest BCUT2D eigenvalue weighted by Gasteiger charge is 2.41. The molecule has 0 bridgehead atoms. The molecule has 0 radical (unpaired) electrons. The molecule has 0 unspecified atom stereocenters. The van der Waals surface area contributed by atoms with Gasteiger partial charge in [0.1, 0.15) is 11.2 Å². The fourth-order valence-corrected chi connectivity index (χ4v) is 16.8. The third kappa shape index (κ3) is 8.48. The Morgan fingerprint density at radius 1 is 0.333 bits per heavy atom. The highest BCUT2D eigenvalue weighted by Crippen LogP contribution is 2.46. The lowest BCUT2D eigenvalue weighted by molar-refractivity contribution is 0.660. The van der Waals surface area contributed by atoms with E-state index in [0.29, 0.717) is 0 Å². The zero-order valence-corrected chi connectivity index (χ0v) is 41.9.